The van der Waals surface area contributed by atoms with Crippen LogP contribution in [0.4, 0.5) is 0 Å². The fourth-order valence-electron chi connectivity index (χ4n) is 0.500. The molecule has 0 rings (SSSR count). The van der Waals surface area contributed by atoms with Crippen LogP contribution in [0.1, 0.15) is 0 Å². The zero-order valence-corrected chi connectivity index (χ0v) is 6.22. The molecule has 0 bridgehead atoms. The van der Waals surface area contributed by atoms with Crippen LogP contribution in [-0.2, 0) is 0 Å². The van der Waals surface area contributed by atoms with Crippen molar-refractivity contribution in [3.8, 4) is 0 Å². The molecule has 56 valence electrons. The lowest BCUT2D eigenvalue weighted by Crippen LogP contribution is -2.08. The van der Waals surface area contributed by atoms with E-state index in [1.807, 2.05) is 7.05 Å². The van der Waals surface area contributed by atoms with Crippen molar-refractivity contribution in [2.24, 2.45) is 0 Å². The van der Waals surface area contributed by atoms with Crippen LogP contribution in [0.15, 0.2) is 36.6 Å². The molecule has 2 nitrogen and oxygen atoms in total. The largest absolute Gasteiger partial charge is 0.509 e. The third-order valence-corrected chi connectivity index (χ3v) is 0.915. The molecule has 0 unspecified atom stereocenters. The van der Waals surface area contributed by atoms with Crippen molar-refractivity contribution in [3.05, 3.63) is 36.6 Å². The van der Waals surface area contributed by atoms with Gasteiger partial charge in [-0.1, -0.05) is 19.2 Å². The smallest absolute Gasteiger partial charge is 0.108 e. The van der Waals surface area contributed by atoms with Gasteiger partial charge in [0.25, 0.3) is 0 Å². The maximum Gasteiger partial charge on any atom is 0.108 e. The molecule has 0 aromatic heterocycles. The van der Waals surface area contributed by atoms with Gasteiger partial charge in [-0.3, -0.25) is 0 Å². The van der Waals surface area contributed by atoms with Gasteiger partial charge in [0.1, 0.15) is 5.76 Å². The summed E-state index contributed by atoms with van der Waals surface area (Å²) in [6, 6.07) is 0. The van der Waals surface area contributed by atoms with E-state index in [1.165, 1.54) is 6.08 Å². The Labute approximate surface area is 61.6 Å². The van der Waals surface area contributed by atoms with Crippen LogP contribution in [0.2, 0.25) is 0 Å². The number of aliphatic hydroxyl groups excluding tert-OH is 1. The Bertz CT molecular complexity index is 159. The SMILES string of the molecule is C=C(O)/C=C\C(=C)CNC. The monoisotopic (exact) mass is 139 g/mol. The molecule has 0 atom stereocenters. The van der Waals surface area contributed by atoms with Crippen molar-refractivity contribution >= 4 is 0 Å². The molecule has 2 N–H and O–H groups in total. The average Bonchev–Trinajstić information content (AvgIpc) is 1.85. The number of nitrogens with one attached hydrogen (secondary N) is 1. The minimum atomic E-state index is 0.0530. The molecule has 0 aliphatic heterocycles. The highest BCUT2D eigenvalue weighted by molar-refractivity contribution is 5.21. The van der Waals surface area contributed by atoms with Crippen molar-refractivity contribution in [2.45, 2.75) is 0 Å². The van der Waals surface area contributed by atoms with Crippen molar-refractivity contribution in [3.63, 3.8) is 0 Å². The third kappa shape index (κ3) is 5.12. The predicted molar refractivity (Wildman–Crippen MR) is 44.0 cm³/mol. The maximum atomic E-state index is 8.63. The van der Waals surface area contributed by atoms with Gasteiger partial charge in [0.2, 0.25) is 0 Å². The quantitative estimate of drug-likeness (QED) is 0.455. The Morgan fingerprint density at radius 3 is 2.50 bits per heavy atom. The molecule has 0 fully saturated rings. The second-order valence-corrected chi connectivity index (χ2v) is 2.01. The van der Waals surface area contributed by atoms with E-state index in [-0.39, 0.29) is 5.76 Å². The van der Waals surface area contributed by atoms with E-state index in [2.05, 4.69) is 18.5 Å². The molecule has 0 saturated carbocycles. The molecule has 0 heterocycles. The van der Waals surface area contributed by atoms with Gasteiger partial charge in [-0.15, -0.1) is 0 Å². The standard InChI is InChI=1S/C8H13NO/c1-7(6-9-3)4-5-8(2)10/h4-5,9-10H,1-2,6H2,3H3/b5-4-. The van der Waals surface area contributed by atoms with Gasteiger partial charge >= 0.3 is 0 Å². The summed E-state index contributed by atoms with van der Waals surface area (Å²) in [5.74, 6) is 0.0530. The van der Waals surface area contributed by atoms with Gasteiger partial charge < -0.3 is 10.4 Å². The van der Waals surface area contributed by atoms with Gasteiger partial charge in [0, 0.05) is 6.54 Å². The Kier molecular flexibility index (Phi) is 4.33. The molecule has 10 heavy (non-hydrogen) atoms. The number of hydrogen-bond acceptors (Lipinski definition) is 2. The number of aliphatic hydroxyl groups is 1. The maximum absolute atomic E-state index is 8.63. The van der Waals surface area contributed by atoms with Gasteiger partial charge in [0.15, 0.2) is 0 Å². The topological polar surface area (TPSA) is 32.3 Å². The van der Waals surface area contributed by atoms with Crippen LogP contribution in [0.25, 0.3) is 0 Å². The first-order chi connectivity index (χ1) is 4.66. The minimum absolute atomic E-state index is 0.0530. The highest BCUT2D eigenvalue weighted by atomic mass is 16.3. The van der Waals surface area contributed by atoms with Crippen molar-refractivity contribution in [1.29, 1.82) is 0 Å². The Hall–Kier alpha value is -1.02. The summed E-state index contributed by atoms with van der Waals surface area (Å²) in [7, 11) is 1.84. The van der Waals surface area contributed by atoms with Gasteiger partial charge in [-0.2, -0.15) is 0 Å². The summed E-state index contributed by atoms with van der Waals surface area (Å²) in [5, 5.41) is 11.6. The minimum Gasteiger partial charge on any atom is -0.509 e. The third-order valence-electron chi connectivity index (χ3n) is 0.915. The molecular formula is C8H13NO. The summed E-state index contributed by atoms with van der Waals surface area (Å²) in [5.41, 5.74) is 0.915. The summed E-state index contributed by atoms with van der Waals surface area (Å²) in [6.07, 6.45) is 3.23. The first-order valence-electron chi connectivity index (χ1n) is 3.05. The second-order valence-electron chi connectivity index (χ2n) is 2.01. The molecule has 0 amide bonds. The van der Waals surface area contributed by atoms with Crippen molar-refractivity contribution < 1.29 is 5.11 Å². The van der Waals surface area contributed by atoms with E-state index in [0.29, 0.717) is 0 Å². The van der Waals surface area contributed by atoms with E-state index in [0.717, 1.165) is 12.1 Å². The van der Waals surface area contributed by atoms with Gasteiger partial charge in [0.05, 0.1) is 0 Å². The molecule has 0 aromatic rings. The predicted octanol–water partition coefficient (Wildman–Crippen LogP) is 1.39. The number of allylic oxidation sites excluding steroid dienone is 1. The molecule has 0 aliphatic rings. The lowest BCUT2D eigenvalue weighted by molar-refractivity contribution is 0.435. The highest BCUT2D eigenvalue weighted by Gasteiger charge is 1.83. The first kappa shape index (κ1) is 8.98. The summed E-state index contributed by atoms with van der Waals surface area (Å²) >= 11 is 0. The Balaban J connectivity index is 3.67. The zero-order chi connectivity index (χ0) is 7.98. The van der Waals surface area contributed by atoms with Crippen LogP contribution in [-0.4, -0.2) is 18.7 Å². The molecule has 2 heteroatoms. The van der Waals surface area contributed by atoms with Crippen LogP contribution >= 0.6 is 0 Å². The van der Waals surface area contributed by atoms with Gasteiger partial charge in [-0.05, 0) is 18.7 Å². The van der Waals surface area contributed by atoms with Gasteiger partial charge in [-0.25, -0.2) is 0 Å². The van der Waals surface area contributed by atoms with E-state index >= 15 is 0 Å². The van der Waals surface area contributed by atoms with Crippen LogP contribution in [0.5, 0.6) is 0 Å². The van der Waals surface area contributed by atoms with Crippen LogP contribution in [0.3, 0.4) is 0 Å². The second kappa shape index (κ2) is 4.82. The lowest BCUT2D eigenvalue weighted by Gasteiger charge is -1.95. The van der Waals surface area contributed by atoms with Crippen LogP contribution in [0, 0.1) is 0 Å². The average molecular weight is 139 g/mol. The first-order valence-corrected chi connectivity index (χ1v) is 3.05. The lowest BCUT2D eigenvalue weighted by atomic mass is 10.2. The van der Waals surface area contributed by atoms with Crippen molar-refractivity contribution in [2.75, 3.05) is 13.6 Å². The van der Waals surface area contributed by atoms with E-state index in [4.69, 9.17) is 5.11 Å². The summed E-state index contributed by atoms with van der Waals surface area (Å²) in [4.78, 5) is 0. The van der Waals surface area contributed by atoms with E-state index < -0.39 is 0 Å². The summed E-state index contributed by atoms with van der Waals surface area (Å²) in [6.45, 7) is 7.74. The number of rotatable bonds is 4. The fourth-order valence-corrected chi connectivity index (χ4v) is 0.500. The van der Waals surface area contributed by atoms with Crippen LogP contribution < -0.4 is 5.32 Å². The number of hydrogen-bond donors (Lipinski definition) is 2. The normalized spacial score (nSPS) is 10.1. The Morgan fingerprint density at radius 2 is 2.10 bits per heavy atom. The Morgan fingerprint density at radius 1 is 1.50 bits per heavy atom. The molecule has 0 saturated heterocycles. The highest BCUT2D eigenvalue weighted by Crippen LogP contribution is 1.93. The summed E-state index contributed by atoms with van der Waals surface area (Å²) < 4.78 is 0. The molecule has 0 aliphatic carbocycles. The van der Waals surface area contributed by atoms with E-state index in [9.17, 15) is 0 Å². The molecule has 0 radical (unpaired) electrons. The molecule has 0 aromatic carbocycles. The number of likely N-dealkylation sites (N-methyl/N-ethyl adjacent to an activating group) is 1. The molecule has 0 spiro atoms. The zero-order valence-electron chi connectivity index (χ0n) is 6.22. The van der Waals surface area contributed by atoms with E-state index in [1.54, 1.807) is 6.08 Å². The fraction of sp³-hybridized carbons (Fsp3) is 0.250. The molecular weight excluding hydrogens is 126 g/mol. The van der Waals surface area contributed by atoms with Crippen molar-refractivity contribution in [1.82, 2.24) is 5.32 Å².